The van der Waals surface area contributed by atoms with Gasteiger partial charge in [-0.15, -0.1) is 0 Å². The van der Waals surface area contributed by atoms with Crippen LogP contribution in [0, 0.1) is 0 Å². The van der Waals surface area contributed by atoms with Gasteiger partial charge in [0.25, 0.3) is 5.91 Å². The lowest BCUT2D eigenvalue weighted by Gasteiger charge is -2.13. The van der Waals surface area contributed by atoms with Crippen molar-refractivity contribution in [3.63, 3.8) is 0 Å². The van der Waals surface area contributed by atoms with Gasteiger partial charge in [0, 0.05) is 19.5 Å². The lowest BCUT2D eigenvalue weighted by atomic mass is 10.1. The van der Waals surface area contributed by atoms with E-state index in [1.807, 2.05) is 0 Å². The number of aliphatic imine (C=N–C) groups is 1. The van der Waals surface area contributed by atoms with Crippen LogP contribution in [0.3, 0.4) is 0 Å². The fourth-order valence-electron chi connectivity index (χ4n) is 2.07. The topological polar surface area (TPSA) is 155 Å². The molecule has 0 heterocycles. The van der Waals surface area contributed by atoms with Crippen LogP contribution in [0.15, 0.2) is 4.99 Å². The summed E-state index contributed by atoms with van der Waals surface area (Å²) in [6.07, 6.45) is 3.92. The molecule has 0 aromatic carbocycles. The number of rotatable bonds is 15. The maximum Gasteiger partial charge on any atom is 0.269 e. The normalized spacial score (nSPS) is 11.6. The van der Waals surface area contributed by atoms with Gasteiger partial charge in [0.05, 0.1) is 0 Å². The number of nitrogens with zero attached hydrogens (tertiary/aromatic N) is 1. The molecular weight excluding hydrogens is 324 g/mol. The molecular formula is C16H34N6O3. The van der Waals surface area contributed by atoms with Gasteiger partial charge in [-0.3, -0.25) is 14.6 Å². The third-order valence-corrected chi connectivity index (χ3v) is 3.41. The molecule has 2 amide bonds. The van der Waals surface area contributed by atoms with Crippen LogP contribution in [0.1, 0.15) is 51.9 Å². The van der Waals surface area contributed by atoms with Gasteiger partial charge in [-0.2, -0.15) is 0 Å². The van der Waals surface area contributed by atoms with Crippen LogP contribution in [0.25, 0.3) is 0 Å². The van der Waals surface area contributed by atoms with Crippen LogP contribution in [-0.2, 0) is 9.59 Å². The minimum atomic E-state index is -1.50. The van der Waals surface area contributed by atoms with Gasteiger partial charge in [0.15, 0.2) is 5.96 Å². The Morgan fingerprint density at radius 1 is 1.04 bits per heavy atom. The van der Waals surface area contributed by atoms with E-state index < -0.39 is 12.1 Å². The average Bonchev–Trinajstić information content (AvgIpc) is 2.56. The smallest absolute Gasteiger partial charge is 0.269 e. The molecule has 0 rings (SSSR count). The second kappa shape index (κ2) is 15.6. The number of guanidine groups is 1. The van der Waals surface area contributed by atoms with Crippen molar-refractivity contribution in [2.75, 3.05) is 26.2 Å². The maximum atomic E-state index is 11.7. The van der Waals surface area contributed by atoms with Gasteiger partial charge in [0.1, 0.15) is 0 Å². The lowest BCUT2D eigenvalue weighted by molar-refractivity contribution is -0.136. The first-order chi connectivity index (χ1) is 12.0. The summed E-state index contributed by atoms with van der Waals surface area (Å²) >= 11 is 0. The summed E-state index contributed by atoms with van der Waals surface area (Å²) in [4.78, 5) is 27.2. The minimum Gasteiger partial charge on any atom is -0.370 e. The highest BCUT2D eigenvalue weighted by atomic mass is 16.3. The van der Waals surface area contributed by atoms with Gasteiger partial charge in [-0.05, 0) is 38.8 Å². The third-order valence-electron chi connectivity index (χ3n) is 3.41. The summed E-state index contributed by atoms with van der Waals surface area (Å²) in [6.45, 7) is 4.88. The molecule has 146 valence electrons. The van der Waals surface area contributed by atoms with Crippen molar-refractivity contribution < 1.29 is 14.7 Å². The van der Waals surface area contributed by atoms with E-state index in [2.05, 4.69) is 27.9 Å². The van der Waals surface area contributed by atoms with Gasteiger partial charge in [0.2, 0.25) is 12.1 Å². The number of unbranched alkanes of at least 4 members (excludes halogenated alkanes) is 3. The van der Waals surface area contributed by atoms with Crippen molar-refractivity contribution >= 4 is 17.8 Å². The van der Waals surface area contributed by atoms with E-state index in [9.17, 15) is 14.7 Å². The lowest BCUT2D eigenvalue weighted by Crippen LogP contribution is -2.47. The first-order valence-electron chi connectivity index (χ1n) is 8.98. The van der Waals surface area contributed by atoms with E-state index in [-0.39, 0.29) is 18.3 Å². The molecule has 0 aromatic heterocycles. The van der Waals surface area contributed by atoms with Crippen molar-refractivity contribution in [2.24, 2.45) is 16.5 Å². The standard InChI is InChI=1S/C16H34N6O3/c1-2-9-19-10-7-12-20-14(24)15(25)22-13(23)8-5-3-4-6-11-21-16(17)18/h15,19,25H,2-12H2,1H3,(H,20,24)(H,22,23)(H4,17,18,21). The summed E-state index contributed by atoms with van der Waals surface area (Å²) in [6, 6.07) is 0. The molecule has 0 radical (unpaired) electrons. The molecule has 0 aromatic rings. The largest absolute Gasteiger partial charge is 0.370 e. The summed E-state index contributed by atoms with van der Waals surface area (Å²) in [7, 11) is 0. The summed E-state index contributed by atoms with van der Waals surface area (Å²) in [5.41, 5.74) is 10.4. The third kappa shape index (κ3) is 15.4. The Morgan fingerprint density at radius 3 is 2.44 bits per heavy atom. The number of hydrogen-bond donors (Lipinski definition) is 6. The van der Waals surface area contributed by atoms with Crippen LogP contribution < -0.4 is 27.4 Å². The second-order valence-corrected chi connectivity index (χ2v) is 5.84. The molecule has 0 aliphatic heterocycles. The Balaban J connectivity index is 3.62. The molecule has 0 fully saturated rings. The fraction of sp³-hybridized carbons (Fsp3) is 0.812. The molecule has 0 aliphatic rings. The average molecular weight is 358 g/mol. The number of nitrogens with one attached hydrogen (secondary N) is 3. The van der Waals surface area contributed by atoms with Crippen LogP contribution >= 0.6 is 0 Å². The molecule has 0 bridgehead atoms. The Hall–Kier alpha value is -1.87. The predicted molar refractivity (Wildman–Crippen MR) is 98.7 cm³/mol. The van der Waals surface area contributed by atoms with Crippen LogP contribution in [-0.4, -0.2) is 55.3 Å². The van der Waals surface area contributed by atoms with Gasteiger partial charge in [-0.25, -0.2) is 0 Å². The highest BCUT2D eigenvalue weighted by molar-refractivity contribution is 5.86. The highest BCUT2D eigenvalue weighted by Crippen LogP contribution is 2.03. The van der Waals surface area contributed by atoms with Crippen molar-refractivity contribution in [3.05, 3.63) is 0 Å². The van der Waals surface area contributed by atoms with E-state index in [4.69, 9.17) is 11.5 Å². The Kier molecular flexibility index (Phi) is 14.5. The number of carbonyl (C=O) groups is 2. The molecule has 25 heavy (non-hydrogen) atoms. The van der Waals surface area contributed by atoms with Crippen molar-refractivity contribution in [3.8, 4) is 0 Å². The summed E-state index contributed by atoms with van der Waals surface area (Å²) in [5.74, 6) is -0.832. The van der Waals surface area contributed by atoms with Crippen LogP contribution in [0.2, 0.25) is 0 Å². The molecule has 1 atom stereocenters. The van der Waals surface area contributed by atoms with E-state index in [1.54, 1.807) is 0 Å². The quantitative estimate of drug-likeness (QED) is 0.0969. The SMILES string of the molecule is CCCNCCCNC(=O)C(O)NC(=O)CCCCCCN=C(N)N. The van der Waals surface area contributed by atoms with E-state index in [1.165, 1.54) is 0 Å². The Morgan fingerprint density at radius 2 is 1.76 bits per heavy atom. The first kappa shape index (κ1) is 23.1. The first-order valence-corrected chi connectivity index (χ1v) is 8.98. The molecule has 0 spiro atoms. The van der Waals surface area contributed by atoms with Gasteiger partial charge >= 0.3 is 0 Å². The summed E-state index contributed by atoms with van der Waals surface area (Å²) in [5, 5.41) is 17.7. The Bertz CT molecular complexity index is 399. The van der Waals surface area contributed by atoms with Gasteiger partial charge < -0.3 is 32.5 Å². The number of aliphatic hydroxyl groups is 1. The second-order valence-electron chi connectivity index (χ2n) is 5.84. The Labute approximate surface area is 150 Å². The highest BCUT2D eigenvalue weighted by Gasteiger charge is 2.16. The molecule has 0 aliphatic carbocycles. The zero-order chi connectivity index (χ0) is 18.9. The fourth-order valence-corrected chi connectivity index (χ4v) is 2.07. The van der Waals surface area contributed by atoms with E-state index in [0.717, 1.165) is 45.2 Å². The van der Waals surface area contributed by atoms with Gasteiger partial charge in [-0.1, -0.05) is 19.8 Å². The van der Waals surface area contributed by atoms with Crippen molar-refractivity contribution in [1.82, 2.24) is 16.0 Å². The van der Waals surface area contributed by atoms with Crippen LogP contribution in [0.4, 0.5) is 0 Å². The molecule has 9 nitrogen and oxygen atoms in total. The molecule has 0 saturated heterocycles. The molecule has 1 unspecified atom stereocenters. The van der Waals surface area contributed by atoms with Crippen LogP contribution in [0.5, 0.6) is 0 Å². The van der Waals surface area contributed by atoms with E-state index in [0.29, 0.717) is 19.5 Å². The van der Waals surface area contributed by atoms with Crippen molar-refractivity contribution in [2.45, 2.75) is 58.1 Å². The summed E-state index contributed by atoms with van der Waals surface area (Å²) < 4.78 is 0. The number of aliphatic hydroxyl groups excluding tert-OH is 1. The number of hydrogen-bond acceptors (Lipinski definition) is 5. The van der Waals surface area contributed by atoms with E-state index >= 15 is 0 Å². The molecule has 0 saturated carbocycles. The maximum absolute atomic E-state index is 11.7. The van der Waals surface area contributed by atoms with Crippen molar-refractivity contribution in [1.29, 1.82) is 0 Å². The molecule has 9 heteroatoms. The number of nitrogens with two attached hydrogens (primary N) is 2. The molecule has 8 N–H and O–H groups in total. The number of carbonyl (C=O) groups excluding carboxylic acids is 2. The zero-order valence-corrected chi connectivity index (χ0v) is 15.2. The zero-order valence-electron chi connectivity index (χ0n) is 15.2. The number of amides is 2. The monoisotopic (exact) mass is 358 g/mol. The predicted octanol–water partition coefficient (Wildman–Crippen LogP) is -0.849. The minimum absolute atomic E-state index is 0.0869.